The number of rotatable bonds is 11. The van der Waals surface area contributed by atoms with Crippen molar-refractivity contribution in [3.8, 4) is 0 Å². The molecule has 2 aromatic carbocycles. The third kappa shape index (κ3) is 7.41. The lowest BCUT2D eigenvalue weighted by Crippen LogP contribution is -2.55. The van der Waals surface area contributed by atoms with E-state index in [0.717, 1.165) is 5.56 Å². The fourth-order valence-electron chi connectivity index (χ4n) is 4.97. The second kappa shape index (κ2) is 13.4. The largest absolute Gasteiger partial charge is 0.467 e. The number of hydrogen-bond donors (Lipinski definition) is 3. The van der Waals surface area contributed by atoms with Gasteiger partial charge in [0.25, 0.3) is 5.91 Å². The zero-order valence-corrected chi connectivity index (χ0v) is 24.2. The highest BCUT2D eigenvalue weighted by Gasteiger charge is 2.39. The van der Waals surface area contributed by atoms with E-state index in [9.17, 15) is 19.2 Å². The molecular weight excluding hydrogens is 536 g/mol. The normalized spacial score (nSPS) is 16.4. The fraction of sp³-hybridized carbons (Fsp3) is 0.387. The molecule has 11 heteroatoms. The third-order valence-corrected chi connectivity index (χ3v) is 7.28. The summed E-state index contributed by atoms with van der Waals surface area (Å²) in [4.78, 5) is 58.2. The average Bonchev–Trinajstić information content (AvgIpc) is 3.65. The van der Waals surface area contributed by atoms with Gasteiger partial charge in [0.15, 0.2) is 5.82 Å². The molecule has 2 heterocycles. The molecule has 0 spiro atoms. The van der Waals surface area contributed by atoms with Gasteiger partial charge >= 0.3 is 5.97 Å². The molecule has 1 fully saturated rings. The van der Waals surface area contributed by atoms with Crippen molar-refractivity contribution in [1.29, 1.82) is 0 Å². The molecule has 4 rings (SSSR count). The van der Waals surface area contributed by atoms with E-state index in [1.54, 1.807) is 29.5 Å². The number of aryl methyl sites for hydroxylation is 1. The number of benzene rings is 2. The fourth-order valence-corrected chi connectivity index (χ4v) is 4.97. The maximum atomic E-state index is 13.9. The number of aromatic nitrogens is 2. The highest BCUT2D eigenvalue weighted by molar-refractivity contribution is 5.98. The molecule has 0 radical (unpaired) electrons. The number of nitrogens with one attached hydrogen (secondary N) is 2. The van der Waals surface area contributed by atoms with Crippen LogP contribution in [0.2, 0.25) is 0 Å². The van der Waals surface area contributed by atoms with Gasteiger partial charge in [-0.25, -0.2) is 9.78 Å². The zero-order valence-electron chi connectivity index (χ0n) is 24.2. The quantitative estimate of drug-likeness (QED) is 0.298. The Kier molecular flexibility index (Phi) is 9.74. The van der Waals surface area contributed by atoms with Crippen LogP contribution in [0.4, 0.5) is 5.82 Å². The lowest BCUT2D eigenvalue weighted by molar-refractivity contribution is -0.151. The topological polar surface area (TPSA) is 149 Å². The Morgan fingerprint density at radius 1 is 1.07 bits per heavy atom. The predicted octanol–water partition coefficient (Wildman–Crippen LogP) is 2.43. The van der Waals surface area contributed by atoms with E-state index in [-0.39, 0.29) is 11.7 Å². The van der Waals surface area contributed by atoms with Gasteiger partial charge in [-0.1, -0.05) is 60.7 Å². The lowest BCUT2D eigenvalue weighted by Gasteiger charge is -2.28. The maximum absolute atomic E-state index is 13.9. The van der Waals surface area contributed by atoms with Crippen molar-refractivity contribution in [2.45, 2.75) is 63.2 Å². The van der Waals surface area contributed by atoms with Crippen molar-refractivity contribution in [1.82, 2.24) is 19.8 Å². The van der Waals surface area contributed by atoms with E-state index >= 15 is 0 Å². The average molecular weight is 575 g/mol. The molecule has 1 aliphatic heterocycles. The Labute approximate surface area is 245 Å². The summed E-state index contributed by atoms with van der Waals surface area (Å²) in [6.07, 6.45) is 5.15. The Morgan fingerprint density at radius 3 is 2.38 bits per heavy atom. The highest BCUT2D eigenvalue weighted by atomic mass is 16.5. The van der Waals surface area contributed by atoms with Crippen molar-refractivity contribution in [2.75, 3.05) is 19.0 Å². The molecule has 1 saturated heterocycles. The summed E-state index contributed by atoms with van der Waals surface area (Å²) in [5.74, 6) is -1.42. The van der Waals surface area contributed by atoms with Crippen LogP contribution in [0.15, 0.2) is 73.2 Å². The van der Waals surface area contributed by atoms with Crippen LogP contribution in [0.25, 0.3) is 0 Å². The minimum absolute atomic E-state index is 0.214. The van der Waals surface area contributed by atoms with Crippen molar-refractivity contribution in [3.63, 3.8) is 0 Å². The number of nitrogens with zero attached hydrogens (tertiary/aromatic N) is 3. The number of carbonyl (C=O) groups is 4. The third-order valence-electron chi connectivity index (χ3n) is 7.28. The summed E-state index contributed by atoms with van der Waals surface area (Å²) >= 11 is 0. The number of imidazole rings is 1. The van der Waals surface area contributed by atoms with Gasteiger partial charge in [-0.05, 0) is 50.7 Å². The summed E-state index contributed by atoms with van der Waals surface area (Å²) in [6.45, 7) is 3.57. The molecule has 222 valence electrons. The van der Waals surface area contributed by atoms with Crippen LogP contribution in [-0.4, -0.2) is 69.4 Å². The molecule has 11 nitrogen and oxygen atoms in total. The Morgan fingerprint density at radius 2 is 1.74 bits per heavy atom. The molecule has 3 unspecified atom stereocenters. The monoisotopic (exact) mass is 574 g/mol. The minimum atomic E-state index is -1.17. The summed E-state index contributed by atoms with van der Waals surface area (Å²) < 4.78 is 6.55. The van der Waals surface area contributed by atoms with Gasteiger partial charge < -0.3 is 30.6 Å². The number of amides is 3. The standard InChI is InChI=1S/C31H38N6O5/c1-31(2,32)30(41)34-23(17-16-21-11-6-4-7-12-21)27(38)35-25-19-36(20-33-25)26(22-13-8-5-9-14-22)28(39)37-18-10-15-24(37)29(40)42-3/h4-9,11-14,19-20,23-24,26H,10,15-18,32H2,1-3H3,(H,34,41)(H,35,38). The van der Waals surface area contributed by atoms with Crippen LogP contribution in [-0.2, 0) is 30.3 Å². The van der Waals surface area contributed by atoms with E-state index in [4.69, 9.17) is 10.5 Å². The lowest BCUT2D eigenvalue weighted by atomic mass is 10.0. The van der Waals surface area contributed by atoms with Gasteiger partial charge in [-0.3, -0.25) is 14.4 Å². The molecule has 4 N–H and O–H groups in total. The number of methoxy groups -OCH3 is 1. The molecule has 42 heavy (non-hydrogen) atoms. The summed E-state index contributed by atoms with van der Waals surface area (Å²) in [6, 6.07) is 16.5. The van der Waals surface area contributed by atoms with Gasteiger partial charge in [-0.2, -0.15) is 0 Å². The van der Waals surface area contributed by atoms with Gasteiger partial charge in [-0.15, -0.1) is 0 Å². The number of likely N-dealkylation sites (tertiary alicyclic amines) is 1. The number of anilines is 1. The van der Waals surface area contributed by atoms with E-state index in [1.807, 2.05) is 60.7 Å². The van der Waals surface area contributed by atoms with Crippen molar-refractivity contribution in [2.24, 2.45) is 5.73 Å². The van der Waals surface area contributed by atoms with Crippen LogP contribution in [0.1, 0.15) is 50.3 Å². The van der Waals surface area contributed by atoms with Crippen LogP contribution < -0.4 is 16.4 Å². The second-order valence-electron chi connectivity index (χ2n) is 11.0. The van der Waals surface area contributed by atoms with Crippen LogP contribution in [0.3, 0.4) is 0 Å². The first-order valence-electron chi connectivity index (χ1n) is 14.0. The summed E-state index contributed by atoms with van der Waals surface area (Å²) in [7, 11) is 1.31. The zero-order chi connectivity index (χ0) is 30.3. The van der Waals surface area contributed by atoms with E-state index in [1.165, 1.54) is 13.4 Å². The first-order valence-corrected chi connectivity index (χ1v) is 14.0. The molecular formula is C31H38N6O5. The molecule has 0 saturated carbocycles. The first-order chi connectivity index (χ1) is 20.1. The Hall–Kier alpha value is -4.51. The van der Waals surface area contributed by atoms with E-state index in [0.29, 0.717) is 37.8 Å². The second-order valence-corrected chi connectivity index (χ2v) is 11.0. The number of hydrogen-bond acceptors (Lipinski definition) is 7. The van der Waals surface area contributed by atoms with Gasteiger partial charge in [0.05, 0.1) is 19.0 Å². The van der Waals surface area contributed by atoms with Crippen LogP contribution in [0, 0.1) is 0 Å². The number of carbonyl (C=O) groups excluding carboxylic acids is 4. The minimum Gasteiger partial charge on any atom is -0.467 e. The molecule has 3 amide bonds. The molecule has 0 aliphatic carbocycles. The van der Waals surface area contributed by atoms with Crippen LogP contribution in [0.5, 0.6) is 0 Å². The molecule has 1 aromatic heterocycles. The van der Waals surface area contributed by atoms with Crippen molar-refractivity contribution >= 4 is 29.5 Å². The van der Waals surface area contributed by atoms with Crippen molar-refractivity contribution in [3.05, 3.63) is 84.3 Å². The smallest absolute Gasteiger partial charge is 0.328 e. The summed E-state index contributed by atoms with van der Waals surface area (Å²) in [5, 5.41) is 5.54. The van der Waals surface area contributed by atoms with Gasteiger partial charge in [0.2, 0.25) is 11.8 Å². The van der Waals surface area contributed by atoms with Gasteiger partial charge in [0.1, 0.15) is 18.1 Å². The Balaban J connectivity index is 1.55. The van der Waals surface area contributed by atoms with Gasteiger partial charge in [0, 0.05) is 12.7 Å². The molecule has 3 atom stereocenters. The number of esters is 1. The van der Waals surface area contributed by atoms with E-state index in [2.05, 4.69) is 15.6 Å². The highest BCUT2D eigenvalue weighted by Crippen LogP contribution is 2.28. The molecule has 3 aromatic rings. The first kappa shape index (κ1) is 30.4. The van der Waals surface area contributed by atoms with E-state index < -0.39 is 41.4 Å². The summed E-state index contributed by atoms with van der Waals surface area (Å²) in [5.41, 5.74) is 6.53. The Bertz CT molecular complexity index is 1390. The molecule has 0 bridgehead atoms. The molecule has 1 aliphatic rings. The predicted molar refractivity (Wildman–Crippen MR) is 157 cm³/mol. The SMILES string of the molecule is COC(=O)C1CCCN1C(=O)C(c1ccccc1)n1cnc(NC(=O)C(CCc2ccccc2)NC(=O)C(C)(C)N)c1. The van der Waals surface area contributed by atoms with Crippen molar-refractivity contribution < 1.29 is 23.9 Å². The van der Waals surface area contributed by atoms with Crippen LogP contribution >= 0.6 is 0 Å². The number of nitrogens with two attached hydrogens (primary N) is 1. The number of ether oxygens (including phenoxy) is 1. The maximum Gasteiger partial charge on any atom is 0.328 e.